The molecule has 7 nitrogen and oxygen atoms in total. The number of hydrogen-bond acceptors (Lipinski definition) is 4. The predicted molar refractivity (Wildman–Crippen MR) is 90.2 cm³/mol. The zero-order valence-corrected chi connectivity index (χ0v) is 14.5. The van der Waals surface area contributed by atoms with Crippen molar-refractivity contribution in [1.29, 1.82) is 5.26 Å². The van der Waals surface area contributed by atoms with E-state index in [1.54, 1.807) is 4.90 Å². The molecule has 0 unspecified atom stereocenters. The quantitative estimate of drug-likeness (QED) is 0.906. The highest BCUT2D eigenvalue weighted by Gasteiger charge is 2.42. The van der Waals surface area contributed by atoms with Gasteiger partial charge >= 0.3 is 0 Å². The van der Waals surface area contributed by atoms with Crippen LogP contribution in [0.1, 0.15) is 29.8 Å². The Hall–Kier alpha value is -2.95. The highest BCUT2D eigenvalue weighted by Crippen LogP contribution is 2.33. The Morgan fingerprint density at radius 1 is 1.46 bits per heavy atom. The molecule has 2 aromatic rings. The highest BCUT2D eigenvalue weighted by atomic mass is 19.1. The maximum atomic E-state index is 14.4. The van der Waals surface area contributed by atoms with Crippen molar-refractivity contribution in [2.24, 2.45) is 11.8 Å². The lowest BCUT2D eigenvalue weighted by Crippen LogP contribution is -2.59. The Labute approximate surface area is 149 Å². The first-order valence-electron chi connectivity index (χ1n) is 8.56. The molecule has 4 rings (SSSR count). The molecule has 2 aliphatic heterocycles. The minimum atomic E-state index is -0.701. The number of nitrogens with one attached hydrogen (secondary N) is 1. The molecule has 0 bridgehead atoms. The van der Waals surface area contributed by atoms with E-state index in [-0.39, 0.29) is 30.2 Å². The number of carbonyl (C=O) groups is 2. The SMILES string of the molecule is CC(C)[C@H](C(=O)N1CC(C#N)C1)N1Cc2c(F)cnc3[nH]cc(c23)C1=O. The lowest BCUT2D eigenvalue weighted by Gasteiger charge is -2.42. The topological polar surface area (TPSA) is 93.1 Å². The first-order valence-corrected chi connectivity index (χ1v) is 8.56. The smallest absolute Gasteiger partial charge is 0.257 e. The van der Waals surface area contributed by atoms with Crippen LogP contribution in [0, 0.1) is 29.0 Å². The van der Waals surface area contributed by atoms with Crippen LogP contribution in [0.2, 0.25) is 0 Å². The Balaban J connectivity index is 1.70. The second kappa shape index (κ2) is 5.80. The van der Waals surface area contributed by atoms with Crippen LogP contribution in [0.3, 0.4) is 0 Å². The first kappa shape index (κ1) is 16.5. The Bertz CT molecular complexity index is 954. The van der Waals surface area contributed by atoms with Crippen molar-refractivity contribution in [3.63, 3.8) is 0 Å². The van der Waals surface area contributed by atoms with Crippen LogP contribution in [-0.2, 0) is 11.3 Å². The molecule has 0 radical (unpaired) electrons. The minimum absolute atomic E-state index is 0.0264. The third kappa shape index (κ3) is 2.27. The summed E-state index contributed by atoms with van der Waals surface area (Å²) in [5, 5.41) is 9.42. The fourth-order valence-corrected chi connectivity index (χ4v) is 3.79. The van der Waals surface area contributed by atoms with Crippen molar-refractivity contribution >= 4 is 22.8 Å². The molecule has 4 heterocycles. The number of aromatic amines is 1. The molecule has 2 aromatic heterocycles. The minimum Gasteiger partial charge on any atom is -0.345 e. The van der Waals surface area contributed by atoms with Gasteiger partial charge in [-0.1, -0.05) is 13.8 Å². The number of halogens is 1. The average molecular weight is 355 g/mol. The molecule has 1 N–H and O–H groups in total. The van der Waals surface area contributed by atoms with Crippen molar-refractivity contribution in [2.75, 3.05) is 13.1 Å². The van der Waals surface area contributed by atoms with Crippen LogP contribution in [0.25, 0.3) is 11.0 Å². The van der Waals surface area contributed by atoms with Crippen molar-refractivity contribution in [3.8, 4) is 6.07 Å². The number of nitrogens with zero attached hydrogens (tertiary/aromatic N) is 4. The monoisotopic (exact) mass is 355 g/mol. The molecule has 0 saturated carbocycles. The normalized spacial score (nSPS) is 18.2. The van der Waals surface area contributed by atoms with Gasteiger partial charge in [0.1, 0.15) is 17.5 Å². The zero-order valence-electron chi connectivity index (χ0n) is 14.5. The fraction of sp³-hybridized carbons (Fsp3) is 0.444. The number of rotatable bonds is 3. The van der Waals surface area contributed by atoms with E-state index in [4.69, 9.17) is 5.26 Å². The molecule has 0 aromatic carbocycles. The van der Waals surface area contributed by atoms with Gasteiger partial charge in [-0.15, -0.1) is 0 Å². The van der Waals surface area contributed by atoms with Crippen LogP contribution < -0.4 is 0 Å². The molecular weight excluding hydrogens is 337 g/mol. The third-order valence-electron chi connectivity index (χ3n) is 5.17. The molecule has 26 heavy (non-hydrogen) atoms. The van der Waals surface area contributed by atoms with E-state index >= 15 is 0 Å². The molecule has 0 aliphatic carbocycles. The number of H-pyrrole nitrogens is 1. The second-order valence-electron chi connectivity index (χ2n) is 7.20. The molecule has 0 spiro atoms. The number of carbonyl (C=O) groups excluding carboxylic acids is 2. The van der Waals surface area contributed by atoms with Gasteiger partial charge in [-0.05, 0) is 5.92 Å². The van der Waals surface area contributed by atoms with Gasteiger partial charge in [-0.3, -0.25) is 9.59 Å². The maximum absolute atomic E-state index is 14.4. The Kier molecular flexibility index (Phi) is 3.68. The molecule has 2 aliphatic rings. The molecule has 1 atom stereocenters. The Morgan fingerprint density at radius 3 is 2.85 bits per heavy atom. The van der Waals surface area contributed by atoms with Crippen molar-refractivity contribution in [3.05, 3.63) is 29.3 Å². The number of amides is 2. The van der Waals surface area contributed by atoms with Crippen LogP contribution >= 0.6 is 0 Å². The molecule has 2 amide bonds. The van der Waals surface area contributed by atoms with E-state index in [0.717, 1.165) is 6.20 Å². The predicted octanol–water partition coefficient (Wildman–Crippen LogP) is 1.66. The summed E-state index contributed by atoms with van der Waals surface area (Å²) in [5.74, 6) is -1.28. The maximum Gasteiger partial charge on any atom is 0.257 e. The average Bonchev–Trinajstić information content (AvgIpc) is 2.98. The molecule has 1 saturated heterocycles. The van der Waals surface area contributed by atoms with Gasteiger partial charge in [-0.2, -0.15) is 5.26 Å². The van der Waals surface area contributed by atoms with Gasteiger partial charge in [-0.25, -0.2) is 9.37 Å². The Morgan fingerprint density at radius 2 is 2.19 bits per heavy atom. The summed E-state index contributed by atoms with van der Waals surface area (Å²) in [5.41, 5.74) is 1.18. The van der Waals surface area contributed by atoms with Gasteiger partial charge in [0.05, 0.1) is 30.3 Å². The van der Waals surface area contributed by atoms with Crippen LogP contribution in [0.5, 0.6) is 0 Å². The van der Waals surface area contributed by atoms with E-state index in [9.17, 15) is 14.0 Å². The van der Waals surface area contributed by atoms with Crippen molar-refractivity contribution in [2.45, 2.75) is 26.4 Å². The highest BCUT2D eigenvalue weighted by molar-refractivity contribution is 6.10. The summed E-state index contributed by atoms with van der Waals surface area (Å²) in [7, 11) is 0. The summed E-state index contributed by atoms with van der Waals surface area (Å²) < 4.78 is 14.4. The van der Waals surface area contributed by atoms with E-state index in [1.165, 1.54) is 11.1 Å². The number of aromatic nitrogens is 2. The summed E-state index contributed by atoms with van der Waals surface area (Å²) in [6.07, 6.45) is 2.65. The lowest BCUT2D eigenvalue weighted by atomic mass is 9.93. The fourth-order valence-electron chi connectivity index (χ4n) is 3.79. The largest absolute Gasteiger partial charge is 0.345 e. The zero-order chi connectivity index (χ0) is 18.6. The molecule has 134 valence electrons. The van der Waals surface area contributed by atoms with E-state index in [1.807, 2.05) is 13.8 Å². The number of likely N-dealkylation sites (tertiary alicyclic amines) is 1. The van der Waals surface area contributed by atoms with E-state index in [2.05, 4.69) is 16.0 Å². The van der Waals surface area contributed by atoms with E-state index < -0.39 is 11.9 Å². The van der Waals surface area contributed by atoms with Gasteiger partial charge in [0.2, 0.25) is 5.91 Å². The van der Waals surface area contributed by atoms with Gasteiger partial charge in [0.25, 0.3) is 5.91 Å². The standard InChI is InChI=1S/C18H18FN5O2/c1-9(2)15(18(26)23-6-10(3-20)7-23)24-8-12-13(19)5-22-16-14(12)11(4-21-16)17(24)25/h4-5,9-10,15H,6-8H2,1-2H3,(H,21,22)/t15-/m1/s1. The van der Waals surface area contributed by atoms with Crippen LogP contribution in [0.4, 0.5) is 4.39 Å². The second-order valence-corrected chi connectivity index (χ2v) is 7.20. The van der Waals surface area contributed by atoms with Crippen molar-refractivity contribution < 1.29 is 14.0 Å². The number of pyridine rings is 1. The van der Waals surface area contributed by atoms with Gasteiger partial charge < -0.3 is 14.8 Å². The van der Waals surface area contributed by atoms with Crippen LogP contribution in [0.15, 0.2) is 12.4 Å². The number of hydrogen-bond donors (Lipinski definition) is 1. The number of nitriles is 1. The van der Waals surface area contributed by atoms with Crippen LogP contribution in [-0.4, -0.2) is 50.7 Å². The summed E-state index contributed by atoms with van der Waals surface area (Å²) >= 11 is 0. The summed E-state index contributed by atoms with van der Waals surface area (Å²) in [6.45, 7) is 4.51. The third-order valence-corrected chi connectivity index (χ3v) is 5.17. The summed E-state index contributed by atoms with van der Waals surface area (Å²) in [6, 6.07) is 1.44. The first-order chi connectivity index (χ1) is 12.4. The molecule has 1 fully saturated rings. The molecular formula is C18H18FN5O2. The van der Waals surface area contributed by atoms with Crippen molar-refractivity contribution in [1.82, 2.24) is 19.8 Å². The van der Waals surface area contributed by atoms with Gasteiger partial charge in [0, 0.05) is 30.2 Å². The van der Waals surface area contributed by atoms with Gasteiger partial charge in [0.15, 0.2) is 0 Å². The molecule has 8 heteroatoms. The van der Waals surface area contributed by atoms with E-state index in [0.29, 0.717) is 35.2 Å². The lowest BCUT2D eigenvalue weighted by molar-refractivity contribution is -0.143. The summed E-state index contributed by atoms with van der Waals surface area (Å²) in [4.78, 5) is 35.9.